The summed E-state index contributed by atoms with van der Waals surface area (Å²) < 4.78 is 4.71. The Balaban J connectivity index is 2.05. The number of methoxy groups -OCH3 is 1. The first-order valence-electron chi connectivity index (χ1n) is 8.28. The molecule has 1 aromatic heterocycles. The van der Waals surface area contributed by atoms with Crippen LogP contribution in [0.25, 0.3) is 22.2 Å². The van der Waals surface area contributed by atoms with Gasteiger partial charge >= 0.3 is 5.97 Å². The molecule has 1 heterocycles. The van der Waals surface area contributed by atoms with E-state index in [1.165, 1.54) is 7.11 Å². The molecule has 0 bridgehead atoms. The van der Waals surface area contributed by atoms with Gasteiger partial charge in [-0.1, -0.05) is 12.1 Å². The summed E-state index contributed by atoms with van der Waals surface area (Å²) in [4.78, 5) is 14.8. The van der Waals surface area contributed by atoms with Crippen LogP contribution in [-0.4, -0.2) is 18.1 Å². The number of nitrogens with zero attached hydrogens (tertiary/aromatic N) is 2. The fraction of sp³-hybridized carbons (Fsp3) is 0.190. The first-order chi connectivity index (χ1) is 12.7. The van der Waals surface area contributed by atoms with Crippen LogP contribution in [0.4, 0.5) is 0 Å². The molecule has 2 aromatic carbocycles. The van der Waals surface area contributed by atoms with Gasteiger partial charge in [-0.05, 0) is 54.3 Å². The van der Waals surface area contributed by atoms with Crippen LogP contribution in [-0.2, 0) is 16.0 Å². The fourth-order valence-electron chi connectivity index (χ4n) is 3.05. The van der Waals surface area contributed by atoms with Gasteiger partial charge in [0.25, 0.3) is 0 Å². The van der Waals surface area contributed by atoms with E-state index >= 15 is 0 Å². The SMILES string of the molecule is COC(=O)CCCc1c(-c2ccc(C#N)cc2)[nH]c2ccc(C#N)cc12. The minimum atomic E-state index is -0.234. The summed E-state index contributed by atoms with van der Waals surface area (Å²) in [5, 5.41) is 19.2. The molecule has 0 amide bonds. The van der Waals surface area contributed by atoms with Gasteiger partial charge in [0.05, 0.1) is 30.4 Å². The summed E-state index contributed by atoms with van der Waals surface area (Å²) in [5.74, 6) is -0.234. The third-order valence-electron chi connectivity index (χ3n) is 4.37. The molecule has 0 spiro atoms. The highest BCUT2D eigenvalue weighted by molar-refractivity contribution is 5.91. The lowest BCUT2D eigenvalue weighted by Crippen LogP contribution is -2.00. The topological polar surface area (TPSA) is 89.7 Å². The fourth-order valence-corrected chi connectivity index (χ4v) is 3.05. The molecule has 0 unspecified atom stereocenters. The Kier molecular flexibility index (Phi) is 5.01. The highest BCUT2D eigenvalue weighted by atomic mass is 16.5. The second kappa shape index (κ2) is 7.55. The Bertz CT molecular complexity index is 1030. The van der Waals surface area contributed by atoms with Gasteiger partial charge in [-0.25, -0.2) is 0 Å². The van der Waals surface area contributed by atoms with Crippen molar-refractivity contribution in [2.45, 2.75) is 19.3 Å². The molecule has 3 aromatic rings. The van der Waals surface area contributed by atoms with Gasteiger partial charge in [-0.3, -0.25) is 4.79 Å². The number of nitrogens with one attached hydrogen (secondary N) is 1. The van der Waals surface area contributed by atoms with E-state index in [1.54, 1.807) is 18.2 Å². The molecule has 128 valence electrons. The lowest BCUT2D eigenvalue weighted by molar-refractivity contribution is -0.140. The van der Waals surface area contributed by atoms with E-state index in [-0.39, 0.29) is 5.97 Å². The second-order valence-corrected chi connectivity index (χ2v) is 5.97. The molecule has 5 heteroatoms. The molecule has 1 N–H and O–H groups in total. The molecule has 0 aliphatic carbocycles. The summed E-state index contributed by atoms with van der Waals surface area (Å²) >= 11 is 0. The maximum absolute atomic E-state index is 11.4. The largest absolute Gasteiger partial charge is 0.469 e. The van der Waals surface area contributed by atoms with Crippen LogP contribution in [0.3, 0.4) is 0 Å². The molecule has 0 atom stereocenters. The predicted molar refractivity (Wildman–Crippen MR) is 98.1 cm³/mol. The van der Waals surface area contributed by atoms with Crippen molar-refractivity contribution < 1.29 is 9.53 Å². The number of esters is 1. The van der Waals surface area contributed by atoms with Crippen LogP contribution in [0, 0.1) is 22.7 Å². The van der Waals surface area contributed by atoms with E-state index in [4.69, 9.17) is 10.00 Å². The van der Waals surface area contributed by atoms with Gasteiger partial charge in [0, 0.05) is 23.0 Å². The minimum Gasteiger partial charge on any atom is -0.469 e. The van der Waals surface area contributed by atoms with Crippen molar-refractivity contribution in [1.29, 1.82) is 10.5 Å². The number of carbonyl (C=O) groups excluding carboxylic acids is 1. The van der Waals surface area contributed by atoms with Crippen molar-refractivity contribution in [3.63, 3.8) is 0 Å². The second-order valence-electron chi connectivity index (χ2n) is 5.97. The Labute approximate surface area is 151 Å². The number of hydrogen-bond acceptors (Lipinski definition) is 4. The molecule has 0 fully saturated rings. The monoisotopic (exact) mass is 343 g/mol. The van der Waals surface area contributed by atoms with E-state index in [1.807, 2.05) is 24.3 Å². The van der Waals surface area contributed by atoms with Gasteiger partial charge < -0.3 is 9.72 Å². The van der Waals surface area contributed by atoms with Crippen LogP contribution in [0.5, 0.6) is 0 Å². The first-order valence-corrected chi connectivity index (χ1v) is 8.28. The number of fused-ring (bicyclic) bond motifs is 1. The summed E-state index contributed by atoms with van der Waals surface area (Å²) in [6, 6.07) is 17.2. The molecule has 5 nitrogen and oxygen atoms in total. The van der Waals surface area contributed by atoms with E-state index in [9.17, 15) is 10.1 Å². The molecule has 26 heavy (non-hydrogen) atoms. The van der Waals surface area contributed by atoms with E-state index in [0.29, 0.717) is 30.4 Å². The Hall–Kier alpha value is -3.57. The zero-order valence-corrected chi connectivity index (χ0v) is 14.4. The van der Waals surface area contributed by atoms with Crippen LogP contribution >= 0.6 is 0 Å². The number of H-pyrrole nitrogens is 1. The number of rotatable bonds is 5. The first kappa shape index (κ1) is 17.3. The lowest BCUT2D eigenvalue weighted by Gasteiger charge is -2.06. The van der Waals surface area contributed by atoms with Crippen molar-refractivity contribution in [3.8, 4) is 23.4 Å². The van der Waals surface area contributed by atoms with E-state index in [0.717, 1.165) is 27.7 Å². The molecule has 0 saturated heterocycles. The average Bonchev–Trinajstić information content (AvgIpc) is 3.05. The Morgan fingerprint density at radius 2 is 1.77 bits per heavy atom. The normalized spacial score (nSPS) is 10.3. The van der Waals surface area contributed by atoms with Crippen molar-refractivity contribution in [2.75, 3.05) is 7.11 Å². The zero-order chi connectivity index (χ0) is 18.5. The van der Waals surface area contributed by atoms with Crippen molar-refractivity contribution in [3.05, 3.63) is 59.2 Å². The number of aryl methyl sites for hydroxylation is 1. The number of benzene rings is 2. The third kappa shape index (κ3) is 3.43. The quantitative estimate of drug-likeness (QED) is 0.707. The van der Waals surface area contributed by atoms with Gasteiger partial charge in [0.2, 0.25) is 0 Å². The smallest absolute Gasteiger partial charge is 0.305 e. The number of ether oxygens (including phenoxy) is 1. The predicted octanol–water partition coefficient (Wildman–Crippen LogP) is 4.07. The Morgan fingerprint density at radius 1 is 1.08 bits per heavy atom. The van der Waals surface area contributed by atoms with Crippen molar-refractivity contribution >= 4 is 16.9 Å². The number of hydrogen-bond donors (Lipinski definition) is 1. The average molecular weight is 343 g/mol. The molecule has 0 aliphatic rings. The summed E-state index contributed by atoms with van der Waals surface area (Å²) in [6.45, 7) is 0. The number of nitriles is 2. The number of aromatic amines is 1. The molecule has 0 aliphatic heterocycles. The summed E-state index contributed by atoms with van der Waals surface area (Å²) in [5.41, 5.74) is 5.11. The molecule has 3 rings (SSSR count). The van der Waals surface area contributed by atoms with Gasteiger partial charge in [-0.15, -0.1) is 0 Å². The van der Waals surface area contributed by atoms with Crippen LogP contribution in [0.2, 0.25) is 0 Å². The van der Waals surface area contributed by atoms with Crippen molar-refractivity contribution in [1.82, 2.24) is 4.98 Å². The van der Waals surface area contributed by atoms with E-state index < -0.39 is 0 Å². The Morgan fingerprint density at radius 3 is 2.42 bits per heavy atom. The maximum Gasteiger partial charge on any atom is 0.305 e. The zero-order valence-electron chi connectivity index (χ0n) is 14.4. The van der Waals surface area contributed by atoms with Crippen LogP contribution in [0.15, 0.2) is 42.5 Å². The molecular weight excluding hydrogens is 326 g/mol. The lowest BCUT2D eigenvalue weighted by atomic mass is 9.99. The van der Waals surface area contributed by atoms with Gasteiger partial charge in [0.15, 0.2) is 0 Å². The van der Waals surface area contributed by atoms with Gasteiger partial charge in [-0.2, -0.15) is 10.5 Å². The number of aromatic nitrogens is 1. The molecular formula is C21H17N3O2. The summed E-state index contributed by atoms with van der Waals surface area (Å²) in [7, 11) is 1.38. The highest BCUT2D eigenvalue weighted by Crippen LogP contribution is 2.32. The standard InChI is InChI=1S/C21H17N3O2/c1-26-20(25)4-2-3-17-18-11-15(13-23)7-10-19(18)24-21(17)16-8-5-14(12-22)6-9-16/h5-11,24H,2-4H2,1H3. The highest BCUT2D eigenvalue weighted by Gasteiger charge is 2.14. The number of carbonyl (C=O) groups is 1. The van der Waals surface area contributed by atoms with Crippen LogP contribution in [0.1, 0.15) is 29.5 Å². The van der Waals surface area contributed by atoms with Gasteiger partial charge in [0.1, 0.15) is 0 Å². The van der Waals surface area contributed by atoms with Crippen molar-refractivity contribution in [2.24, 2.45) is 0 Å². The summed E-state index contributed by atoms with van der Waals surface area (Å²) in [6.07, 6.45) is 1.67. The van der Waals surface area contributed by atoms with E-state index in [2.05, 4.69) is 17.1 Å². The molecule has 0 saturated carbocycles. The third-order valence-corrected chi connectivity index (χ3v) is 4.37. The maximum atomic E-state index is 11.4. The minimum absolute atomic E-state index is 0.234. The van der Waals surface area contributed by atoms with Crippen LogP contribution < -0.4 is 0 Å². The molecule has 0 radical (unpaired) electrons.